The Bertz CT molecular complexity index is 2570. The van der Waals surface area contributed by atoms with Crippen LogP contribution in [0.4, 0.5) is 0 Å². The smallest absolute Gasteiger partial charge is 0.242 e. The first kappa shape index (κ1) is 49.7. The van der Waals surface area contributed by atoms with Crippen LogP contribution in [0.3, 0.4) is 0 Å². The van der Waals surface area contributed by atoms with Crippen LogP contribution >= 0.6 is 11.3 Å². The number of nitrogens with zero attached hydrogens (tertiary/aromatic N) is 3. The molecule has 2 aliphatic carbocycles. The molecule has 1 aromatic heterocycles. The van der Waals surface area contributed by atoms with Gasteiger partial charge in [-0.2, -0.15) is 0 Å². The van der Waals surface area contributed by atoms with E-state index in [2.05, 4.69) is 15.5 Å². The number of likely N-dealkylation sites (N-methyl/N-ethyl adjacent to an activating group) is 1. The number of aromatic nitrogens is 1. The highest BCUT2D eigenvalue weighted by Gasteiger charge is 2.55. The van der Waals surface area contributed by atoms with Crippen LogP contribution < -0.4 is 15.4 Å². The molecule has 5 N–H and O–H groups in total. The highest BCUT2D eigenvalue weighted by atomic mass is 32.1. The first-order valence-corrected chi connectivity index (χ1v) is 23.5. The van der Waals surface area contributed by atoms with Gasteiger partial charge in [0.05, 0.1) is 67.9 Å². The number of hydrogen-bond donors (Lipinski definition) is 5. The van der Waals surface area contributed by atoms with Crippen LogP contribution in [0.25, 0.3) is 0 Å². The van der Waals surface area contributed by atoms with Crippen molar-refractivity contribution < 1.29 is 77.3 Å². The number of benzene rings is 2. The Morgan fingerprint density at radius 2 is 1.70 bits per heavy atom. The Morgan fingerprint density at radius 1 is 0.971 bits per heavy atom. The van der Waals surface area contributed by atoms with Crippen molar-refractivity contribution in [3.05, 3.63) is 67.7 Å². The van der Waals surface area contributed by atoms with Crippen LogP contribution in [0.1, 0.15) is 112 Å². The summed E-state index contributed by atoms with van der Waals surface area (Å²) in [6.07, 6.45) is -4.87. The molecule has 3 amide bonds. The molecule has 3 saturated heterocycles. The largest absolute Gasteiger partial charge is 0.507 e. The summed E-state index contributed by atoms with van der Waals surface area (Å²) in [5.41, 5.74) is -2.75. The fraction of sp³-hybridized carbons (Fsp3) is 0.532. The lowest BCUT2D eigenvalue weighted by Crippen LogP contribution is -2.55. The third kappa shape index (κ3) is 9.89. The number of aromatic hydroxyl groups is 2. The van der Waals surface area contributed by atoms with Gasteiger partial charge in [0.2, 0.25) is 23.5 Å². The van der Waals surface area contributed by atoms with Crippen molar-refractivity contribution in [2.24, 2.45) is 0 Å². The van der Waals surface area contributed by atoms with E-state index in [1.165, 1.54) is 51.3 Å². The highest BCUT2D eigenvalue weighted by molar-refractivity contribution is 7.09. The third-order valence-corrected chi connectivity index (χ3v) is 14.1. The van der Waals surface area contributed by atoms with Crippen molar-refractivity contribution in [3.63, 3.8) is 0 Å². The fourth-order valence-corrected chi connectivity index (χ4v) is 10.7. The number of rotatable bonds is 17. The standard InChI is InChI=1S/C47H55N5O16S/c1-22(53)9-11-31(55)48-18-24(54)10-12-32(56)49-19-34(57)51(3)20-33-50-30(21-69-33)47(62)16-26-37(43(61)39-38(41(26)59)40(58)25-7-6-8-28(63-4)36(25)42(39)60)29(17-47)67-35-15-27-44(23(2)66-35)68-45-46(64-5)65-14-13-52(27)45/h6-8,21,23,27,29,35,44-46,59,61-62H,9-20H2,1-5H3,(H,48,55)(H,49,56)/t23-,27-,29-,35-,44+,45+,46-,47-/m0/s1. The number of amides is 3. The highest BCUT2D eigenvalue weighted by Crippen LogP contribution is 2.54. The molecule has 3 aliphatic heterocycles. The van der Waals surface area contributed by atoms with Gasteiger partial charge in [-0.3, -0.25) is 33.7 Å². The van der Waals surface area contributed by atoms with E-state index in [9.17, 15) is 48.9 Å². The Hall–Kier alpha value is -5.72. The predicted molar refractivity (Wildman–Crippen MR) is 239 cm³/mol. The minimum atomic E-state index is -1.90. The van der Waals surface area contributed by atoms with Crippen LogP contribution in [0.5, 0.6) is 17.2 Å². The van der Waals surface area contributed by atoms with E-state index in [1.807, 2.05) is 6.92 Å². The number of carbonyl (C=O) groups is 7. The molecule has 21 nitrogen and oxygen atoms in total. The zero-order valence-corrected chi connectivity index (χ0v) is 39.6. The van der Waals surface area contributed by atoms with E-state index >= 15 is 0 Å². The monoisotopic (exact) mass is 977 g/mol. The molecule has 0 bridgehead atoms. The second-order valence-electron chi connectivity index (χ2n) is 17.9. The number of morpholine rings is 1. The Balaban J connectivity index is 1.00. The van der Waals surface area contributed by atoms with Gasteiger partial charge in [0.1, 0.15) is 39.7 Å². The molecule has 8 atom stereocenters. The lowest BCUT2D eigenvalue weighted by Gasteiger charge is -2.43. The van der Waals surface area contributed by atoms with Gasteiger partial charge < -0.3 is 64.1 Å². The fourth-order valence-electron chi connectivity index (χ4n) is 9.73. The van der Waals surface area contributed by atoms with Gasteiger partial charge in [-0.1, -0.05) is 12.1 Å². The van der Waals surface area contributed by atoms with Crippen molar-refractivity contribution in [1.29, 1.82) is 0 Å². The van der Waals surface area contributed by atoms with Crippen LogP contribution in [0.2, 0.25) is 0 Å². The van der Waals surface area contributed by atoms with Crippen molar-refractivity contribution in [2.75, 3.05) is 47.5 Å². The number of ketones is 4. The van der Waals surface area contributed by atoms with Gasteiger partial charge in [0.15, 0.2) is 30.4 Å². The number of Topliss-reactive ketones (excluding diaryl/α,β-unsaturated/α-hetero) is 2. The molecule has 0 unspecified atom stereocenters. The van der Waals surface area contributed by atoms with E-state index in [4.69, 9.17) is 33.4 Å². The molecule has 8 rings (SSSR count). The van der Waals surface area contributed by atoms with E-state index in [0.29, 0.717) is 18.2 Å². The zero-order valence-electron chi connectivity index (χ0n) is 38.7. The average Bonchev–Trinajstić information content (AvgIpc) is 3.97. The quantitative estimate of drug-likeness (QED) is 0.0941. The molecule has 22 heteroatoms. The van der Waals surface area contributed by atoms with Gasteiger partial charge in [-0.25, -0.2) is 4.98 Å². The molecular formula is C47H55N5O16S. The Labute approximate surface area is 400 Å². The van der Waals surface area contributed by atoms with E-state index < -0.39 is 94.3 Å². The molecule has 4 heterocycles. The number of nitrogens with one attached hydrogen (secondary N) is 2. The summed E-state index contributed by atoms with van der Waals surface area (Å²) in [5, 5.41) is 43.9. The maximum absolute atomic E-state index is 14.3. The summed E-state index contributed by atoms with van der Waals surface area (Å²) >= 11 is 1.14. The Kier molecular flexibility index (Phi) is 14.6. The summed E-state index contributed by atoms with van der Waals surface area (Å²) in [6, 6.07) is 4.28. The molecular weight excluding hydrogens is 923 g/mol. The molecule has 5 aliphatic rings. The minimum Gasteiger partial charge on any atom is -0.507 e. The summed E-state index contributed by atoms with van der Waals surface area (Å²) in [6.45, 7) is 3.46. The molecule has 0 radical (unpaired) electrons. The Morgan fingerprint density at radius 3 is 2.42 bits per heavy atom. The minimum absolute atomic E-state index is 0.000260. The third-order valence-electron chi connectivity index (χ3n) is 13.3. The van der Waals surface area contributed by atoms with Crippen LogP contribution in [0.15, 0.2) is 23.6 Å². The normalized spacial score (nSPS) is 25.9. The number of fused-ring (bicyclic) bond motifs is 6. The van der Waals surface area contributed by atoms with Gasteiger partial charge >= 0.3 is 0 Å². The van der Waals surface area contributed by atoms with Gasteiger partial charge in [0.25, 0.3) is 0 Å². The first-order valence-electron chi connectivity index (χ1n) is 22.6. The van der Waals surface area contributed by atoms with Gasteiger partial charge in [-0.15, -0.1) is 11.3 Å². The lowest BCUT2D eigenvalue weighted by molar-refractivity contribution is -0.256. The van der Waals surface area contributed by atoms with Gasteiger partial charge in [-0.05, 0) is 19.9 Å². The second-order valence-corrected chi connectivity index (χ2v) is 18.8. The number of methoxy groups -OCH3 is 2. The van der Waals surface area contributed by atoms with Crippen molar-refractivity contribution in [3.8, 4) is 17.2 Å². The van der Waals surface area contributed by atoms with E-state index in [0.717, 1.165) is 11.3 Å². The van der Waals surface area contributed by atoms with Crippen molar-refractivity contribution in [1.82, 2.24) is 25.4 Å². The average molecular weight is 978 g/mol. The van der Waals surface area contributed by atoms with E-state index in [1.54, 1.807) is 5.38 Å². The molecule has 3 aromatic rings. The maximum Gasteiger partial charge on any atom is 0.242 e. The van der Waals surface area contributed by atoms with Crippen LogP contribution in [-0.4, -0.2) is 156 Å². The van der Waals surface area contributed by atoms with Crippen LogP contribution in [0, 0.1) is 0 Å². The molecule has 0 spiro atoms. The van der Waals surface area contributed by atoms with E-state index in [-0.39, 0.29) is 116 Å². The number of ether oxygens (including phenoxy) is 6. The number of phenols is 2. The maximum atomic E-state index is 14.3. The molecule has 3 fully saturated rings. The predicted octanol–water partition coefficient (Wildman–Crippen LogP) is 1.67. The number of aliphatic hydroxyl groups is 1. The first-order chi connectivity index (χ1) is 32.9. The summed E-state index contributed by atoms with van der Waals surface area (Å²) in [5.74, 6) is -4.61. The number of carbonyl (C=O) groups excluding carboxylic acids is 7. The molecule has 2 aromatic carbocycles. The van der Waals surface area contributed by atoms with Gasteiger partial charge in [0, 0.05) is 93.8 Å². The van der Waals surface area contributed by atoms with Crippen molar-refractivity contribution in [2.45, 2.75) is 114 Å². The second kappa shape index (κ2) is 20.3. The summed E-state index contributed by atoms with van der Waals surface area (Å²) in [7, 11) is 4.39. The topological polar surface area (TPSA) is 279 Å². The molecule has 370 valence electrons. The van der Waals surface area contributed by atoms with Crippen LogP contribution in [-0.2, 0) is 66.2 Å². The number of thiazole rings is 1. The summed E-state index contributed by atoms with van der Waals surface area (Å²) in [4.78, 5) is 97.2. The number of hydrogen-bond acceptors (Lipinski definition) is 19. The lowest BCUT2D eigenvalue weighted by atomic mass is 9.72. The molecule has 0 saturated carbocycles. The zero-order chi connectivity index (χ0) is 49.5. The SMILES string of the molecule is COc1cccc2c1C(=O)c1c(O)c3c(c(O)c1C2=O)C[C@@](O)(c1csc(CN(C)C(=O)CNC(=O)CCC(=O)CNC(=O)CCC(C)=O)n1)C[C@@H]3O[C@H]1C[C@H]2[C@H](O[C@@H]3[C@@H](OC)OCCN32)[C@H](C)O1. The number of phenolic OH excluding ortho intramolecular Hbond substituents is 2. The summed E-state index contributed by atoms with van der Waals surface area (Å²) < 4.78 is 36.3. The molecule has 69 heavy (non-hydrogen) atoms. The van der Waals surface area contributed by atoms with Crippen molar-refractivity contribution >= 4 is 52.2 Å².